The van der Waals surface area contributed by atoms with E-state index in [2.05, 4.69) is 20.8 Å². The van der Waals surface area contributed by atoms with Gasteiger partial charge in [0.25, 0.3) is 0 Å². The summed E-state index contributed by atoms with van der Waals surface area (Å²) in [5.74, 6) is -0.311. The molecule has 0 aromatic heterocycles. The van der Waals surface area contributed by atoms with Crippen molar-refractivity contribution >= 4 is 27.6 Å². The number of anilines is 1. The van der Waals surface area contributed by atoms with Gasteiger partial charge in [-0.25, -0.2) is 0 Å². The Morgan fingerprint density at radius 1 is 1.39 bits per heavy atom. The average Bonchev–Trinajstić information content (AvgIpc) is 2.38. The van der Waals surface area contributed by atoms with Crippen LogP contribution in [0.25, 0.3) is 0 Å². The van der Waals surface area contributed by atoms with Crippen LogP contribution in [0.4, 0.5) is 5.69 Å². The summed E-state index contributed by atoms with van der Waals surface area (Å²) in [4.78, 5) is 13.8. The lowest BCUT2D eigenvalue weighted by molar-refractivity contribution is -0.145. The highest BCUT2D eigenvalue weighted by Gasteiger charge is 2.30. The van der Waals surface area contributed by atoms with Crippen molar-refractivity contribution in [1.29, 1.82) is 0 Å². The third kappa shape index (κ3) is 3.03. The van der Waals surface area contributed by atoms with Gasteiger partial charge in [-0.2, -0.15) is 0 Å². The number of hydrogen-bond donors (Lipinski definition) is 1. The molecule has 0 saturated carbocycles. The van der Waals surface area contributed by atoms with Crippen molar-refractivity contribution < 1.29 is 9.53 Å². The van der Waals surface area contributed by atoms with Crippen molar-refractivity contribution in [2.45, 2.75) is 12.5 Å². The van der Waals surface area contributed by atoms with E-state index < -0.39 is 0 Å². The fourth-order valence-electron chi connectivity index (χ4n) is 2.34. The van der Waals surface area contributed by atoms with E-state index in [0.29, 0.717) is 13.0 Å². The molecule has 1 saturated heterocycles. The van der Waals surface area contributed by atoms with Gasteiger partial charge in [0.2, 0.25) is 0 Å². The molecule has 2 atom stereocenters. The Labute approximate surface area is 115 Å². The number of esters is 1. The van der Waals surface area contributed by atoms with Gasteiger partial charge in [0, 0.05) is 29.3 Å². The van der Waals surface area contributed by atoms with Gasteiger partial charge in [0.05, 0.1) is 13.0 Å². The van der Waals surface area contributed by atoms with E-state index in [-0.39, 0.29) is 17.9 Å². The number of nitrogens with two attached hydrogens (primary N) is 1. The minimum Gasteiger partial charge on any atom is -0.469 e. The number of carbonyl (C=O) groups is 1. The molecule has 2 N–H and O–H groups in total. The third-order valence-corrected chi connectivity index (χ3v) is 3.74. The second kappa shape index (κ2) is 5.71. The second-order valence-corrected chi connectivity index (χ2v) is 5.51. The molecule has 1 fully saturated rings. The zero-order valence-corrected chi connectivity index (χ0v) is 11.9. The predicted molar refractivity (Wildman–Crippen MR) is 74.5 cm³/mol. The van der Waals surface area contributed by atoms with Crippen molar-refractivity contribution in [3.8, 4) is 0 Å². The van der Waals surface area contributed by atoms with Crippen molar-refractivity contribution in [2.75, 3.05) is 25.1 Å². The largest absolute Gasteiger partial charge is 0.469 e. The van der Waals surface area contributed by atoms with Gasteiger partial charge in [0.1, 0.15) is 0 Å². The van der Waals surface area contributed by atoms with E-state index in [1.54, 1.807) is 0 Å². The highest BCUT2D eigenvalue weighted by Crippen LogP contribution is 2.24. The fraction of sp³-hybridized carbons (Fsp3) is 0.462. The first-order valence-electron chi connectivity index (χ1n) is 5.94. The molecular weight excluding hydrogens is 296 g/mol. The number of rotatable bonds is 2. The van der Waals surface area contributed by atoms with Crippen LogP contribution < -0.4 is 10.6 Å². The smallest absolute Gasteiger partial charge is 0.310 e. The van der Waals surface area contributed by atoms with Crippen LogP contribution in [0.1, 0.15) is 6.42 Å². The van der Waals surface area contributed by atoms with Crippen LogP contribution in [0.15, 0.2) is 28.7 Å². The number of methoxy groups -OCH3 is 1. The first kappa shape index (κ1) is 13.4. The van der Waals surface area contributed by atoms with E-state index in [4.69, 9.17) is 10.5 Å². The summed E-state index contributed by atoms with van der Waals surface area (Å²) in [5, 5.41) is 0. The molecule has 5 heteroatoms. The maximum Gasteiger partial charge on any atom is 0.310 e. The second-order valence-electron chi connectivity index (χ2n) is 4.60. The summed E-state index contributed by atoms with van der Waals surface area (Å²) in [5.41, 5.74) is 7.10. The van der Waals surface area contributed by atoms with Crippen LogP contribution >= 0.6 is 15.9 Å². The highest BCUT2D eigenvalue weighted by atomic mass is 79.9. The molecule has 0 spiro atoms. The van der Waals surface area contributed by atoms with Gasteiger partial charge < -0.3 is 15.4 Å². The van der Waals surface area contributed by atoms with Crippen LogP contribution in [0.2, 0.25) is 0 Å². The molecule has 1 aromatic carbocycles. The topological polar surface area (TPSA) is 55.6 Å². The molecule has 0 bridgehead atoms. The maximum atomic E-state index is 11.6. The number of piperidine rings is 1. The summed E-state index contributed by atoms with van der Waals surface area (Å²) in [7, 11) is 1.42. The van der Waals surface area contributed by atoms with Gasteiger partial charge in [-0.05, 0) is 30.7 Å². The first-order chi connectivity index (χ1) is 8.60. The van der Waals surface area contributed by atoms with E-state index in [0.717, 1.165) is 16.7 Å². The highest BCUT2D eigenvalue weighted by molar-refractivity contribution is 9.10. The monoisotopic (exact) mass is 312 g/mol. The SMILES string of the molecule is COC(=O)C1CC(N)CN(c2ccc(Br)cc2)C1. The molecule has 0 amide bonds. The summed E-state index contributed by atoms with van der Waals surface area (Å²) >= 11 is 3.41. The lowest BCUT2D eigenvalue weighted by Crippen LogP contribution is -2.49. The fourth-order valence-corrected chi connectivity index (χ4v) is 2.60. The number of ether oxygens (including phenoxy) is 1. The van der Waals surface area contributed by atoms with E-state index >= 15 is 0 Å². The van der Waals surface area contributed by atoms with Crippen LogP contribution in [-0.4, -0.2) is 32.2 Å². The molecule has 18 heavy (non-hydrogen) atoms. The molecule has 1 aliphatic rings. The van der Waals surface area contributed by atoms with E-state index in [1.165, 1.54) is 7.11 Å². The van der Waals surface area contributed by atoms with Gasteiger partial charge >= 0.3 is 5.97 Å². The third-order valence-electron chi connectivity index (χ3n) is 3.21. The normalized spacial score (nSPS) is 23.8. The molecular formula is C13H17BrN2O2. The summed E-state index contributed by atoms with van der Waals surface area (Å²) < 4.78 is 5.85. The zero-order chi connectivity index (χ0) is 13.1. The molecule has 1 heterocycles. The van der Waals surface area contributed by atoms with Crippen LogP contribution in [0.5, 0.6) is 0 Å². The lowest BCUT2D eigenvalue weighted by Gasteiger charge is -2.36. The van der Waals surface area contributed by atoms with Crippen molar-refractivity contribution in [1.82, 2.24) is 0 Å². The Bertz CT molecular complexity index is 422. The minimum absolute atomic E-state index is 0.00602. The summed E-state index contributed by atoms with van der Waals surface area (Å²) in [6.45, 7) is 1.44. The predicted octanol–water partition coefficient (Wildman–Crippen LogP) is 1.78. The number of nitrogens with zero attached hydrogens (tertiary/aromatic N) is 1. The molecule has 1 aromatic rings. The number of halogens is 1. The van der Waals surface area contributed by atoms with Crippen LogP contribution in [0, 0.1) is 5.92 Å². The van der Waals surface area contributed by atoms with Gasteiger partial charge in [-0.1, -0.05) is 15.9 Å². The molecule has 0 aliphatic carbocycles. The minimum atomic E-state index is -0.174. The Balaban J connectivity index is 2.13. The quantitative estimate of drug-likeness (QED) is 0.846. The Morgan fingerprint density at radius 3 is 2.67 bits per heavy atom. The van der Waals surface area contributed by atoms with Crippen LogP contribution in [0.3, 0.4) is 0 Å². The Morgan fingerprint density at radius 2 is 2.06 bits per heavy atom. The zero-order valence-electron chi connectivity index (χ0n) is 10.3. The maximum absolute atomic E-state index is 11.6. The standard InChI is InChI=1S/C13H17BrN2O2/c1-18-13(17)9-6-11(15)8-16(7-9)12-4-2-10(14)3-5-12/h2-5,9,11H,6-8,15H2,1H3. The summed E-state index contributed by atoms with van der Waals surface area (Å²) in [6, 6.07) is 8.03. The summed E-state index contributed by atoms with van der Waals surface area (Å²) in [6.07, 6.45) is 0.694. The Hall–Kier alpha value is -1.07. The molecule has 0 radical (unpaired) electrons. The van der Waals surface area contributed by atoms with Gasteiger partial charge in [-0.15, -0.1) is 0 Å². The van der Waals surface area contributed by atoms with Crippen molar-refractivity contribution in [3.63, 3.8) is 0 Å². The lowest BCUT2D eigenvalue weighted by atomic mass is 9.94. The average molecular weight is 313 g/mol. The van der Waals surface area contributed by atoms with Crippen molar-refractivity contribution in [3.05, 3.63) is 28.7 Å². The van der Waals surface area contributed by atoms with Gasteiger partial charge in [0.15, 0.2) is 0 Å². The number of benzene rings is 1. The first-order valence-corrected chi connectivity index (χ1v) is 6.73. The van der Waals surface area contributed by atoms with E-state index in [9.17, 15) is 4.79 Å². The van der Waals surface area contributed by atoms with Crippen LogP contribution in [-0.2, 0) is 9.53 Å². The van der Waals surface area contributed by atoms with Gasteiger partial charge in [-0.3, -0.25) is 4.79 Å². The Kier molecular flexibility index (Phi) is 4.24. The molecule has 2 rings (SSSR count). The van der Waals surface area contributed by atoms with E-state index in [1.807, 2.05) is 24.3 Å². The molecule has 98 valence electrons. The molecule has 4 nitrogen and oxygen atoms in total. The molecule has 1 aliphatic heterocycles. The number of hydrogen-bond acceptors (Lipinski definition) is 4. The molecule has 2 unspecified atom stereocenters. The number of carbonyl (C=O) groups excluding carboxylic acids is 1. The van der Waals surface area contributed by atoms with Crippen molar-refractivity contribution in [2.24, 2.45) is 11.7 Å².